The van der Waals surface area contributed by atoms with Crippen molar-refractivity contribution >= 4 is 68.0 Å². The Morgan fingerprint density at radius 3 is 1.01 bits per heavy atom. The molecule has 76 heavy (non-hydrogen) atoms. The normalized spacial score (nSPS) is 10.8. The van der Waals surface area contributed by atoms with Crippen LogP contribution in [0, 0.1) is 19.8 Å². The van der Waals surface area contributed by atoms with Crippen LogP contribution in [0.2, 0.25) is 37.8 Å². The van der Waals surface area contributed by atoms with Crippen LogP contribution in [0.3, 0.4) is 0 Å². The Hall–Kier alpha value is -4.06. The summed E-state index contributed by atoms with van der Waals surface area (Å²) < 4.78 is 59.4. The lowest BCUT2D eigenvalue weighted by molar-refractivity contribution is -0.146. The van der Waals surface area contributed by atoms with Gasteiger partial charge in [0.15, 0.2) is 0 Å². The van der Waals surface area contributed by atoms with Crippen molar-refractivity contribution in [2.45, 2.75) is 101 Å². The van der Waals surface area contributed by atoms with Gasteiger partial charge < -0.3 is 70.3 Å². The maximum atomic E-state index is 11.4. The van der Waals surface area contributed by atoms with E-state index in [-0.39, 0.29) is 17.1 Å². The molecule has 0 aliphatic heterocycles. The molecule has 0 aromatic heterocycles. The van der Waals surface area contributed by atoms with Crippen LogP contribution in [0.15, 0.2) is 120 Å². The smallest absolute Gasteiger partial charge is 0.340 e. The molecule has 0 fully saturated rings. The van der Waals surface area contributed by atoms with E-state index < -0.39 is 61.4 Å². The molecule has 0 heterocycles. The molecular formula is C53H94O18S2Si3. The van der Waals surface area contributed by atoms with Gasteiger partial charge in [-0.1, -0.05) is 55.5 Å². The number of ether oxygens (including phenoxy) is 6. The van der Waals surface area contributed by atoms with Crippen LogP contribution in [-0.2, 0) is 69.4 Å². The van der Waals surface area contributed by atoms with E-state index in [2.05, 4.69) is 86.3 Å². The standard InChI is InChI=1S/C13H16O3S.3C7H18O3Si.C7H8S.2C6H8O3/c1-9-4-6-12(7-5-9)17-8-10(2)13(15)16-11(3)14;3*1-8-6-5-7-11(4,9-2)10-3;1-6-2-4-7(8)5-3-6;2*1-4(2)6(8)9-5(3)7/h4-7,10,14H,3,8H2,1-2H3;3*5-7H2,1-4H3;2-5,8H,1H3;2*7H,1,3H2,2H3. The van der Waals surface area contributed by atoms with Crippen molar-refractivity contribution in [3.8, 4) is 0 Å². The van der Waals surface area contributed by atoms with Crippen molar-refractivity contribution in [1.29, 1.82) is 0 Å². The fraction of sp³-hybridized carbons (Fsp3) is 0.528. The number of methoxy groups -OCH3 is 3. The zero-order chi connectivity index (χ0) is 59.9. The lowest BCUT2D eigenvalue weighted by Gasteiger charge is -2.22. The van der Waals surface area contributed by atoms with Crippen LogP contribution in [0.5, 0.6) is 0 Å². The van der Waals surface area contributed by atoms with E-state index in [1.807, 2.05) is 55.5 Å². The molecule has 2 rings (SSSR count). The molecule has 23 heteroatoms. The minimum Gasteiger partial charge on any atom is -0.481 e. The van der Waals surface area contributed by atoms with Crippen LogP contribution in [0.4, 0.5) is 0 Å². The molecule has 0 aliphatic rings. The molecule has 0 bridgehead atoms. The van der Waals surface area contributed by atoms with E-state index in [1.165, 1.54) is 25.0 Å². The first-order valence-corrected chi connectivity index (χ1v) is 32.7. The summed E-state index contributed by atoms with van der Waals surface area (Å²) in [5.74, 6) is -3.24. The Morgan fingerprint density at radius 1 is 0.526 bits per heavy atom. The van der Waals surface area contributed by atoms with Crippen LogP contribution < -0.4 is 0 Å². The van der Waals surface area contributed by atoms with Crippen LogP contribution in [-0.4, -0.2) is 148 Å². The highest BCUT2D eigenvalue weighted by atomic mass is 32.2. The number of thioether (sulfide) groups is 1. The van der Waals surface area contributed by atoms with Crippen molar-refractivity contribution in [3.05, 3.63) is 122 Å². The highest BCUT2D eigenvalue weighted by molar-refractivity contribution is 7.99. The number of aliphatic hydroxyl groups is 3. The molecule has 3 N–H and O–H groups in total. The van der Waals surface area contributed by atoms with Gasteiger partial charge in [0.25, 0.3) is 17.8 Å². The van der Waals surface area contributed by atoms with Crippen molar-refractivity contribution in [2.24, 2.45) is 5.92 Å². The molecule has 1 unspecified atom stereocenters. The minimum atomic E-state index is -1.81. The number of hydrogen-bond donors (Lipinski definition) is 4. The summed E-state index contributed by atoms with van der Waals surface area (Å²) in [4.78, 5) is 34.3. The number of carbonyl (C=O) groups excluding carboxylic acids is 3. The molecular weight excluding hydrogens is 1070 g/mol. The number of rotatable bonds is 27. The van der Waals surface area contributed by atoms with Crippen LogP contribution in [0.1, 0.15) is 51.2 Å². The third-order valence-electron chi connectivity index (χ3n) is 9.82. The number of aryl methyl sites for hydroxylation is 2. The lowest BCUT2D eigenvalue weighted by atomic mass is 10.2. The van der Waals surface area contributed by atoms with Gasteiger partial charge in [0.1, 0.15) is 0 Å². The predicted octanol–water partition coefficient (Wildman–Crippen LogP) is 12.0. The van der Waals surface area contributed by atoms with E-state index in [0.29, 0.717) is 5.75 Å². The summed E-state index contributed by atoms with van der Waals surface area (Å²) in [5, 5.41) is 25.3. The van der Waals surface area contributed by atoms with Gasteiger partial charge in [0, 0.05) is 110 Å². The molecule has 2 aromatic rings. The largest absolute Gasteiger partial charge is 0.481 e. The molecule has 1 atom stereocenters. The first kappa shape index (κ1) is 80.8. The maximum absolute atomic E-state index is 11.4. The SMILES string of the molecule is C=C(O)OC(=O)C(=C)C.C=C(O)OC(=O)C(=C)C.C=C(O)OC(=O)C(C)CSc1ccc(C)cc1.COCCC[Si](C)(OC)OC.COCCC[Si](C)(OC)OC.COCCC[Si](C)(OC)OC.Cc1ccc(S)cc1. The topological polar surface area (TPSA) is 223 Å². The van der Waals surface area contributed by atoms with Crippen molar-refractivity contribution in [1.82, 2.24) is 0 Å². The Labute approximate surface area is 468 Å². The fourth-order valence-electron chi connectivity index (χ4n) is 4.55. The second kappa shape index (κ2) is 49.3. The van der Waals surface area contributed by atoms with E-state index >= 15 is 0 Å². The Morgan fingerprint density at radius 2 is 0.803 bits per heavy atom. The van der Waals surface area contributed by atoms with Gasteiger partial charge in [-0.05, 0) is 129 Å². The zero-order valence-electron chi connectivity index (χ0n) is 48.6. The first-order chi connectivity index (χ1) is 35.4. The number of aliphatic hydroxyl groups excluding tert-OH is 3. The van der Waals surface area contributed by atoms with E-state index in [0.717, 1.165) is 67.0 Å². The molecule has 0 aliphatic carbocycles. The monoisotopic (exact) mass is 1170 g/mol. The Kier molecular flexibility index (Phi) is 52.4. The third kappa shape index (κ3) is 50.7. The predicted molar refractivity (Wildman–Crippen MR) is 314 cm³/mol. The molecule has 18 nitrogen and oxygen atoms in total. The maximum Gasteiger partial charge on any atom is 0.340 e. The summed E-state index contributed by atoms with van der Waals surface area (Å²) >= 11 is 5.71. The van der Waals surface area contributed by atoms with Crippen molar-refractivity contribution in [3.63, 3.8) is 0 Å². The number of carbonyl (C=O) groups is 3. The van der Waals surface area contributed by atoms with Crippen LogP contribution >= 0.6 is 24.4 Å². The van der Waals surface area contributed by atoms with Gasteiger partial charge in [-0.2, -0.15) is 0 Å². The van der Waals surface area contributed by atoms with Crippen LogP contribution in [0.25, 0.3) is 0 Å². The molecule has 0 saturated heterocycles. The average Bonchev–Trinajstić information content (AvgIpc) is 3.37. The van der Waals surface area contributed by atoms with Gasteiger partial charge in [-0.3, -0.25) is 4.79 Å². The van der Waals surface area contributed by atoms with Crippen molar-refractivity contribution in [2.75, 3.05) is 89.6 Å². The second-order valence-electron chi connectivity index (χ2n) is 16.7. The quantitative estimate of drug-likeness (QED) is 0.00954. The molecule has 0 saturated carbocycles. The first-order valence-electron chi connectivity index (χ1n) is 23.7. The zero-order valence-corrected chi connectivity index (χ0v) is 53.3. The number of hydrogen-bond acceptors (Lipinski definition) is 20. The summed E-state index contributed by atoms with van der Waals surface area (Å²) in [5.41, 5.74) is 2.94. The van der Waals surface area contributed by atoms with E-state index in [9.17, 15) is 14.4 Å². The van der Waals surface area contributed by atoms with E-state index in [4.69, 9.17) is 56.1 Å². The van der Waals surface area contributed by atoms with Gasteiger partial charge in [0.2, 0.25) is 0 Å². The van der Waals surface area contributed by atoms with Gasteiger partial charge in [0.05, 0.1) is 5.92 Å². The van der Waals surface area contributed by atoms with Crippen molar-refractivity contribution < 1.29 is 84.7 Å². The molecule has 438 valence electrons. The third-order valence-corrected chi connectivity index (χ3v) is 20.4. The van der Waals surface area contributed by atoms with Gasteiger partial charge in [-0.25, -0.2) is 9.59 Å². The van der Waals surface area contributed by atoms with Gasteiger partial charge in [-0.15, -0.1) is 24.4 Å². The minimum absolute atomic E-state index is 0.227. The lowest BCUT2D eigenvalue weighted by Crippen LogP contribution is -2.36. The summed E-state index contributed by atoms with van der Waals surface area (Å²) in [6.07, 6.45) is 3.04. The average molecular weight is 1170 g/mol. The number of thiol groups is 1. The molecule has 0 amide bonds. The second-order valence-corrected chi connectivity index (χ2v) is 29.1. The fourth-order valence-corrected chi connectivity index (χ4v) is 9.69. The highest BCUT2D eigenvalue weighted by Crippen LogP contribution is 2.22. The summed E-state index contributed by atoms with van der Waals surface area (Å²) in [7, 11) is 9.94. The van der Waals surface area contributed by atoms with E-state index in [1.54, 1.807) is 82.7 Å². The van der Waals surface area contributed by atoms with Gasteiger partial charge >= 0.3 is 43.6 Å². The summed E-state index contributed by atoms with van der Waals surface area (Å²) in [6.45, 7) is 32.9. The molecule has 2 aromatic carbocycles. The molecule has 0 spiro atoms. The Balaban J connectivity index is -0.000000262. The summed E-state index contributed by atoms with van der Waals surface area (Å²) in [6, 6.07) is 19.1. The number of benzene rings is 2. The highest BCUT2D eigenvalue weighted by Gasteiger charge is 2.29. The number of esters is 3. The molecule has 0 radical (unpaired) electrons. The Bertz CT molecular complexity index is 1780.